The van der Waals surface area contributed by atoms with Crippen LogP contribution in [0.5, 0.6) is 0 Å². The fourth-order valence-electron chi connectivity index (χ4n) is 0.507. The van der Waals surface area contributed by atoms with Crippen LogP contribution >= 0.6 is 0 Å². The van der Waals surface area contributed by atoms with Gasteiger partial charge in [0.05, 0.1) is 5.71 Å². The largest absolute Gasteiger partial charge is 0.399 e. The Hall–Kier alpha value is -0.570. The molecule has 0 aromatic carbocycles. The average molecular weight is 130 g/mol. The predicted molar refractivity (Wildman–Crippen MR) is 38.7 cm³/mol. The van der Waals surface area contributed by atoms with Gasteiger partial charge in [-0.1, -0.05) is 5.16 Å². The zero-order chi connectivity index (χ0) is 7.11. The van der Waals surface area contributed by atoms with E-state index in [4.69, 9.17) is 0 Å². The van der Waals surface area contributed by atoms with E-state index in [0.29, 0.717) is 0 Å². The first-order chi connectivity index (χ1) is 4.31. The Kier molecular flexibility index (Phi) is 5.21. The van der Waals surface area contributed by atoms with E-state index in [2.05, 4.69) is 15.3 Å². The molecule has 0 aromatic rings. The smallest absolute Gasteiger partial charge is 0.106 e. The summed E-state index contributed by atoms with van der Waals surface area (Å²) in [7, 11) is 3.48. The molecule has 54 valence electrons. The van der Waals surface area contributed by atoms with Gasteiger partial charge >= 0.3 is 0 Å². The van der Waals surface area contributed by atoms with Gasteiger partial charge in [0, 0.05) is 13.0 Å². The molecule has 3 nitrogen and oxygen atoms in total. The minimum atomic E-state index is 0.949. The number of nitrogens with one attached hydrogen (secondary N) is 1. The van der Waals surface area contributed by atoms with Crippen LogP contribution in [0, 0.1) is 0 Å². The fourth-order valence-corrected chi connectivity index (χ4v) is 0.507. The molecule has 0 saturated carbocycles. The summed E-state index contributed by atoms with van der Waals surface area (Å²) in [6, 6.07) is 0. The van der Waals surface area contributed by atoms with Gasteiger partial charge in [0.25, 0.3) is 0 Å². The topological polar surface area (TPSA) is 33.6 Å². The third kappa shape index (κ3) is 5.30. The van der Waals surface area contributed by atoms with Gasteiger partial charge < -0.3 is 10.2 Å². The van der Waals surface area contributed by atoms with Crippen molar-refractivity contribution in [1.82, 2.24) is 5.32 Å². The molecule has 0 aromatic heterocycles. The molecule has 0 bridgehead atoms. The van der Waals surface area contributed by atoms with Crippen LogP contribution in [0.3, 0.4) is 0 Å². The number of hydrogen-bond acceptors (Lipinski definition) is 3. The molecule has 0 radical (unpaired) electrons. The van der Waals surface area contributed by atoms with Crippen LogP contribution in [-0.2, 0) is 4.84 Å². The van der Waals surface area contributed by atoms with Crippen molar-refractivity contribution in [3.8, 4) is 0 Å². The Morgan fingerprint density at radius 1 is 1.67 bits per heavy atom. The van der Waals surface area contributed by atoms with Crippen molar-refractivity contribution in [1.29, 1.82) is 0 Å². The highest BCUT2D eigenvalue weighted by Crippen LogP contribution is 1.83. The molecule has 0 aliphatic heterocycles. The molecule has 0 heterocycles. The standard InChI is InChI=1S/C6H14N2O/c1-6(8-9-3)4-5-7-2/h7H,4-5H2,1-3H3/b8-6-. The summed E-state index contributed by atoms with van der Waals surface area (Å²) in [5.41, 5.74) is 1.02. The normalized spacial score (nSPS) is 11.7. The summed E-state index contributed by atoms with van der Waals surface area (Å²) >= 11 is 0. The molecule has 0 fully saturated rings. The summed E-state index contributed by atoms with van der Waals surface area (Å²) in [5, 5.41) is 6.76. The van der Waals surface area contributed by atoms with Crippen LogP contribution in [0.4, 0.5) is 0 Å². The quantitative estimate of drug-likeness (QED) is 0.447. The lowest BCUT2D eigenvalue weighted by molar-refractivity contribution is 0.212. The maximum atomic E-state index is 4.56. The van der Waals surface area contributed by atoms with Crippen LogP contribution in [-0.4, -0.2) is 26.4 Å². The Balaban J connectivity index is 3.25. The average Bonchev–Trinajstić information content (AvgIpc) is 1.85. The van der Waals surface area contributed by atoms with Crippen LogP contribution in [0.25, 0.3) is 0 Å². The van der Waals surface area contributed by atoms with E-state index in [-0.39, 0.29) is 0 Å². The van der Waals surface area contributed by atoms with Gasteiger partial charge in [0.1, 0.15) is 7.11 Å². The SMILES string of the molecule is CNCC/C(C)=N\OC. The molecule has 9 heavy (non-hydrogen) atoms. The van der Waals surface area contributed by atoms with Gasteiger partial charge in [-0.3, -0.25) is 0 Å². The minimum Gasteiger partial charge on any atom is -0.399 e. The Bertz CT molecular complexity index is 91.1. The van der Waals surface area contributed by atoms with Crippen molar-refractivity contribution in [3.63, 3.8) is 0 Å². The summed E-state index contributed by atoms with van der Waals surface area (Å²) < 4.78 is 0. The number of oxime groups is 1. The molecular weight excluding hydrogens is 116 g/mol. The van der Waals surface area contributed by atoms with Crippen molar-refractivity contribution < 1.29 is 4.84 Å². The second kappa shape index (κ2) is 5.56. The van der Waals surface area contributed by atoms with Gasteiger partial charge in [-0.25, -0.2) is 0 Å². The third-order valence-corrected chi connectivity index (χ3v) is 0.984. The maximum absolute atomic E-state index is 4.56. The van der Waals surface area contributed by atoms with E-state index in [0.717, 1.165) is 18.7 Å². The molecule has 0 spiro atoms. The Morgan fingerprint density at radius 2 is 2.33 bits per heavy atom. The van der Waals surface area contributed by atoms with Gasteiger partial charge in [-0.05, 0) is 14.0 Å². The van der Waals surface area contributed by atoms with Crippen molar-refractivity contribution in [2.75, 3.05) is 20.7 Å². The molecule has 1 N–H and O–H groups in total. The molecule has 3 heteroatoms. The monoisotopic (exact) mass is 130 g/mol. The van der Waals surface area contributed by atoms with Crippen LogP contribution in [0.1, 0.15) is 13.3 Å². The van der Waals surface area contributed by atoms with Crippen molar-refractivity contribution >= 4 is 5.71 Å². The highest BCUT2D eigenvalue weighted by molar-refractivity contribution is 5.81. The lowest BCUT2D eigenvalue weighted by atomic mass is 10.3. The number of hydrogen-bond donors (Lipinski definition) is 1. The molecular formula is C6H14N2O. The van der Waals surface area contributed by atoms with E-state index in [9.17, 15) is 0 Å². The molecule has 0 aliphatic carbocycles. The number of rotatable bonds is 4. The molecule has 0 unspecified atom stereocenters. The summed E-state index contributed by atoms with van der Waals surface area (Å²) in [6.45, 7) is 2.90. The van der Waals surface area contributed by atoms with Crippen LogP contribution in [0.2, 0.25) is 0 Å². The molecule has 0 atom stereocenters. The second-order valence-electron chi connectivity index (χ2n) is 1.86. The van der Waals surface area contributed by atoms with E-state index >= 15 is 0 Å². The van der Waals surface area contributed by atoms with Crippen molar-refractivity contribution in [2.24, 2.45) is 5.16 Å². The first-order valence-electron chi connectivity index (χ1n) is 3.02. The van der Waals surface area contributed by atoms with Crippen molar-refractivity contribution in [3.05, 3.63) is 0 Å². The van der Waals surface area contributed by atoms with Gasteiger partial charge in [0.2, 0.25) is 0 Å². The first kappa shape index (κ1) is 8.43. The highest BCUT2D eigenvalue weighted by atomic mass is 16.6. The lowest BCUT2D eigenvalue weighted by Crippen LogP contribution is -2.11. The lowest BCUT2D eigenvalue weighted by Gasteiger charge is -1.96. The van der Waals surface area contributed by atoms with E-state index in [1.54, 1.807) is 7.11 Å². The summed E-state index contributed by atoms with van der Waals surface area (Å²) in [6.07, 6.45) is 0.949. The molecule has 0 saturated heterocycles. The summed E-state index contributed by atoms with van der Waals surface area (Å²) in [4.78, 5) is 4.56. The second-order valence-corrected chi connectivity index (χ2v) is 1.86. The molecule has 0 amide bonds. The fraction of sp³-hybridized carbons (Fsp3) is 0.833. The zero-order valence-electron chi connectivity index (χ0n) is 6.27. The molecule has 0 aliphatic rings. The summed E-state index contributed by atoms with van der Waals surface area (Å²) in [5.74, 6) is 0. The number of nitrogens with zero attached hydrogens (tertiary/aromatic N) is 1. The van der Waals surface area contributed by atoms with E-state index < -0.39 is 0 Å². The van der Waals surface area contributed by atoms with E-state index in [1.807, 2.05) is 14.0 Å². The predicted octanol–water partition coefficient (Wildman–Crippen LogP) is 0.618. The molecule has 0 rings (SSSR count). The van der Waals surface area contributed by atoms with E-state index in [1.165, 1.54) is 0 Å². The van der Waals surface area contributed by atoms with Crippen LogP contribution < -0.4 is 5.32 Å². The zero-order valence-corrected chi connectivity index (χ0v) is 6.27. The van der Waals surface area contributed by atoms with Crippen LogP contribution in [0.15, 0.2) is 5.16 Å². The van der Waals surface area contributed by atoms with Gasteiger partial charge in [0.15, 0.2) is 0 Å². The van der Waals surface area contributed by atoms with Crippen molar-refractivity contribution in [2.45, 2.75) is 13.3 Å². The van der Waals surface area contributed by atoms with Gasteiger partial charge in [-0.15, -0.1) is 0 Å². The maximum Gasteiger partial charge on any atom is 0.106 e. The Labute approximate surface area is 56.1 Å². The first-order valence-corrected chi connectivity index (χ1v) is 3.02. The third-order valence-electron chi connectivity index (χ3n) is 0.984. The minimum absolute atomic E-state index is 0.949. The highest BCUT2D eigenvalue weighted by Gasteiger charge is 1.87. The Morgan fingerprint density at radius 3 is 2.78 bits per heavy atom. The van der Waals surface area contributed by atoms with Gasteiger partial charge in [-0.2, -0.15) is 0 Å².